The molecule has 0 aliphatic carbocycles. The van der Waals surface area contributed by atoms with Gasteiger partial charge in [-0.2, -0.15) is 0 Å². The lowest BCUT2D eigenvalue weighted by Gasteiger charge is -2.11. The van der Waals surface area contributed by atoms with E-state index in [0.29, 0.717) is 5.69 Å². The number of unbranched alkanes of at least 4 members (excludes halogenated alkanes) is 1. The zero-order valence-electron chi connectivity index (χ0n) is 17.5. The molecule has 0 saturated heterocycles. The van der Waals surface area contributed by atoms with Crippen LogP contribution >= 0.6 is 0 Å². The molecule has 0 aromatic heterocycles. The van der Waals surface area contributed by atoms with E-state index in [9.17, 15) is 18.0 Å². The molecule has 2 rings (SSSR count). The van der Waals surface area contributed by atoms with E-state index < -0.39 is 28.5 Å². The third-order valence-electron chi connectivity index (χ3n) is 4.19. The van der Waals surface area contributed by atoms with Crippen molar-refractivity contribution >= 4 is 27.6 Å². The van der Waals surface area contributed by atoms with Gasteiger partial charge in [0.2, 0.25) is 0 Å². The van der Waals surface area contributed by atoms with Crippen molar-refractivity contribution in [3.8, 4) is 0 Å². The van der Waals surface area contributed by atoms with Crippen molar-refractivity contribution in [3.63, 3.8) is 0 Å². The molecule has 0 aliphatic rings. The van der Waals surface area contributed by atoms with Gasteiger partial charge in [-0.3, -0.25) is 9.52 Å². The summed E-state index contributed by atoms with van der Waals surface area (Å²) in [6, 6.07) is 12.6. The summed E-state index contributed by atoms with van der Waals surface area (Å²) in [6.45, 7) is 5.27. The first kappa shape index (κ1) is 23.4. The number of hydrogen-bond acceptors (Lipinski definition) is 5. The molecule has 0 atom stereocenters. The minimum Gasteiger partial charge on any atom is -0.452 e. The van der Waals surface area contributed by atoms with E-state index in [1.807, 2.05) is 12.1 Å². The average molecular weight is 433 g/mol. The zero-order valence-corrected chi connectivity index (χ0v) is 18.3. The molecular weight excluding hydrogens is 404 g/mol. The van der Waals surface area contributed by atoms with Crippen LogP contribution < -0.4 is 10.0 Å². The first-order valence-corrected chi connectivity index (χ1v) is 11.4. The Hall–Kier alpha value is -2.87. The zero-order chi connectivity index (χ0) is 22.1. The van der Waals surface area contributed by atoms with Crippen molar-refractivity contribution in [2.45, 2.75) is 51.0 Å². The maximum atomic E-state index is 12.7. The number of carbonyl (C=O) groups is 2. The molecule has 0 unspecified atom stereocenters. The van der Waals surface area contributed by atoms with Crippen LogP contribution in [0.25, 0.3) is 0 Å². The number of ether oxygens (including phenoxy) is 1. The smallest absolute Gasteiger partial charge is 0.338 e. The number of nitrogens with one attached hydrogen (secondary N) is 2. The Morgan fingerprint density at radius 1 is 1.07 bits per heavy atom. The summed E-state index contributed by atoms with van der Waals surface area (Å²) in [5.41, 5.74) is 1.63. The van der Waals surface area contributed by atoms with Crippen molar-refractivity contribution in [2.24, 2.45) is 0 Å². The lowest BCUT2D eigenvalue weighted by Crippen LogP contribution is -2.34. The van der Waals surface area contributed by atoms with Gasteiger partial charge >= 0.3 is 5.97 Å². The number of sulfonamides is 1. The van der Waals surface area contributed by atoms with E-state index in [0.717, 1.165) is 24.8 Å². The van der Waals surface area contributed by atoms with E-state index in [1.54, 1.807) is 26.0 Å². The van der Waals surface area contributed by atoms with Crippen molar-refractivity contribution in [1.29, 1.82) is 0 Å². The summed E-state index contributed by atoms with van der Waals surface area (Å²) in [5, 5.41) is 2.61. The Labute approximate surface area is 177 Å². The fourth-order valence-electron chi connectivity index (χ4n) is 2.70. The van der Waals surface area contributed by atoms with Crippen LogP contribution in [0.2, 0.25) is 0 Å². The summed E-state index contributed by atoms with van der Waals surface area (Å²) in [6.07, 6.45) is 3.12. The van der Waals surface area contributed by atoms with E-state index in [-0.39, 0.29) is 16.5 Å². The molecule has 7 nitrogen and oxygen atoms in total. The number of amides is 1. The molecule has 162 valence electrons. The van der Waals surface area contributed by atoms with Crippen LogP contribution in [-0.2, 0) is 26.0 Å². The second-order valence-corrected chi connectivity index (χ2v) is 8.91. The number of aryl methyl sites for hydroxylation is 1. The van der Waals surface area contributed by atoms with Crippen LogP contribution in [0.5, 0.6) is 0 Å². The molecule has 0 fully saturated rings. The van der Waals surface area contributed by atoms with E-state index in [1.165, 1.54) is 24.3 Å². The van der Waals surface area contributed by atoms with Crippen LogP contribution in [0.3, 0.4) is 0 Å². The highest BCUT2D eigenvalue weighted by molar-refractivity contribution is 7.92. The van der Waals surface area contributed by atoms with Gasteiger partial charge in [-0.25, -0.2) is 13.2 Å². The molecule has 0 heterocycles. The van der Waals surface area contributed by atoms with Gasteiger partial charge in [0.1, 0.15) is 0 Å². The average Bonchev–Trinajstić information content (AvgIpc) is 2.71. The van der Waals surface area contributed by atoms with Crippen molar-refractivity contribution in [2.75, 3.05) is 11.3 Å². The Kier molecular flexibility index (Phi) is 8.41. The molecule has 1 amide bonds. The first-order valence-electron chi connectivity index (χ1n) is 9.89. The predicted molar refractivity (Wildman–Crippen MR) is 116 cm³/mol. The molecule has 2 aromatic carbocycles. The normalized spacial score (nSPS) is 11.2. The largest absolute Gasteiger partial charge is 0.452 e. The highest BCUT2D eigenvalue weighted by Crippen LogP contribution is 2.19. The SMILES string of the molecule is CCCCc1ccc(NS(=O)(=O)c2cccc(C(=O)OCC(=O)NC(C)C)c2)cc1. The lowest BCUT2D eigenvalue weighted by molar-refractivity contribution is -0.124. The number of hydrogen-bond donors (Lipinski definition) is 2. The first-order chi connectivity index (χ1) is 14.2. The summed E-state index contributed by atoms with van der Waals surface area (Å²) >= 11 is 0. The summed E-state index contributed by atoms with van der Waals surface area (Å²) in [4.78, 5) is 23.7. The fraction of sp³-hybridized carbons (Fsp3) is 0.364. The van der Waals surface area contributed by atoms with Crippen molar-refractivity contribution < 1.29 is 22.7 Å². The highest BCUT2D eigenvalue weighted by atomic mass is 32.2. The summed E-state index contributed by atoms with van der Waals surface area (Å²) in [5.74, 6) is -1.20. The minimum atomic E-state index is -3.88. The molecule has 2 N–H and O–H groups in total. The number of benzene rings is 2. The maximum Gasteiger partial charge on any atom is 0.338 e. The second kappa shape index (κ2) is 10.8. The quantitative estimate of drug-likeness (QED) is 0.560. The Balaban J connectivity index is 2.06. The topological polar surface area (TPSA) is 102 Å². The van der Waals surface area contributed by atoms with Crippen LogP contribution in [-0.4, -0.2) is 32.9 Å². The van der Waals surface area contributed by atoms with Gasteiger partial charge in [0, 0.05) is 11.7 Å². The Morgan fingerprint density at radius 2 is 1.77 bits per heavy atom. The van der Waals surface area contributed by atoms with Crippen LogP contribution in [0.4, 0.5) is 5.69 Å². The third-order valence-corrected chi connectivity index (χ3v) is 5.57. The number of carbonyl (C=O) groups excluding carboxylic acids is 2. The number of esters is 1. The number of anilines is 1. The summed E-state index contributed by atoms with van der Waals surface area (Å²) < 4.78 is 32.9. The Bertz CT molecular complexity index is 969. The minimum absolute atomic E-state index is 0.0464. The van der Waals surface area contributed by atoms with E-state index >= 15 is 0 Å². The highest BCUT2D eigenvalue weighted by Gasteiger charge is 2.18. The van der Waals surface area contributed by atoms with Gasteiger partial charge in [0.25, 0.3) is 15.9 Å². The molecule has 0 aliphatic heterocycles. The molecule has 0 spiro atoms. The van der Waals surface area contributed by atoms with Crippen molar-refractivity contribution in [1.82, 2.24) is 5.32 Å². The van der Waals surface area contributed by atoms with Crippen molar-refractivity contribution in [3.05, 3.63) is 59.7 Å². The van der Waals surface area contributed by atoms with Gasteiger partial charge in [0.05, 0.1) is 10.5 Å². The van der Waals surface area contributed by atoms with Crippen LogP contribution in [0, 0.1) is 0 Å². The molecule has 2 aromatic rings. The molecule has 0 radical (unpaired) electrons. The third kappa shape index (κ3) is 7.18. The predicted octanol–water partition coefficient (Wildman–Crippen LogP) is 3.51. The van der Waals surface area contributed by atoms with Gasteiger partial charge in [-0.05, 0) is 62.6 Å². The lowest BCUT2D eigenvalue weighted by atomic mass is 10.1. The number of rotatable bonds is 10. The van der Waals surface area contributed by atoms with E-state index in [2.05, 4.69) is 17.0 Å². The van der Waals surface area contributed by atoms with Crippen LogP contribution in [0.1, 0.15) is 49.5 Å². The van der Waals surface area contributed by atoms with Gasteiger partial charge in [-0.15, -0.1) is 0 Å². The van der Waals surface area contributed by atoms with E-state index in [4.69, 9.17) is 4.74 Å². The van der Waals surface area contributed by atoms with Gasteiger partial charge in [-0.1, -0.05) is 31.5 Å². The molecule has 30 heavy (non-hydrogen) atoms. The van der Waals surface area contributed by atoms with Crippen LogP contribution in [0.15, 0.2) is 53.4 Å². The molecular formula is C22H28N2O5S. The second-order valence-electron chi connectivity index (χ2n) is 7.23. The molecule has 0 saturated carbocycles. The monoisotopic (exact) mass is 432 g/mol. The van der Waals surface area contributed by atoms with Gasteiger partial charge < -0.3 is 10.1 Å². The van der Waals surface area contributed by atoms with Gasteiger partial charge in [0.15, 0.2) is 6.61 Å². The maximum absolute atomic E-state index is 12.7. The molecule has 8 heteroatoms. The Morgan fingerprint density at radius 3 is 2.40 bits per heavy atom. The molecule has 0 bridgehead atoms. The summed E-state index contributed by atoms with van der Waals surface area (Å²) in [7, 11) is -3.88. The fourth-order valence-corrected chi connectivity index (χ4v) is 3.81. The standard InChI is InChI=1S/C22H28N2O5S/c1-4-5-7-17-10-12-19(13-11-17)24-30(27,28)20-9-6-8-18(14-20)22(26)29-15-21(25)23-16(2)3/h6,8-14,16,24H,4-5,7,15H2,1-3H3,(H,23,25).